The van der Waals surface area contributed by atoms with Crippen LogP contribution in [-0.2, 0) is 24.7 Å². The summed E-state index contributed by atoms with van der Waals surface area (Å²) in [5, 5.41) is 4.34. The number of fused-ring (bicyclic) bond motifs is 1. The molecule has 2 aromatic heterocycles. The summed E-state index contributed by atoms with van der Waals surface area (Å²) in [4.78, 5) is 16.8. The molecule has 3 aromatic rings. The van der Waals surface area contributed by atoms with Crippen molar-refractivity contribution in [1.29, 1.82) is 0 Å². The van der Waals surface area contributed by atoms with Crippen LogP contribution >= 0.6 is 0 Å². The van der Waals surface area contributed by atoms with Crippen molar-refractivity contribution in [3.63, 3.8) is 0 Å². The molecule has 0 saturated carbocycles. The standard InChI is InChI=1S/C28H37N3O2/c1-5-6-7-13-24-25-15-14-23(33-4)19-27(25)31(3)26(24)16-17-28(32)30-21(2)10-8-11-22-12-9-18-29-20-22/h9,12,14-21H,5-8,10-11,13H2,1-4H3,(H,30,32)/b17-16+/t21-/m1/s1. The number of methoxy groups -OCH3 is 1. The molecule has 0 radical (unpaired) electrons. The molecule has 3 rings (SSSR count). The van der Waals surface area contributed by atoms with Crippen LogP contribution in [0, 0.1) is 0 Å². The number of carbonyl (C=O) groups is 1. The number of ether oxygens (including phenoxy) is 1. The first-order chi connectivity index (χ1) is 16.0. The van der Waals surface area contributed by atoms with Crippen LogP contribution in [0.15, 0.2) is 48.8 Å². The van der Waals surface area contributed by atoms with Gasteiger partial charge in [0.1, 0.15) is 5.75 Å². The Labute approximate surface area is 197 Å². The van der Waals surface area contributed by atoms with E-state index in [1.165, 1.54) is 29.4 Å². The summed E-state index contributed by atoms with van der Waals surface area (Å²) in [5.74, 6) is 0.794. The van der Waals surface area contributed by atoms with E-state index in [1.54, 1.807) is 19.4 Å². The Bertz CT molecular complexity index is 1070. The van der Waals surface area contributed by atoms with E-state index >= 15 is 0 Å². The third kappa shape index (κ3) is 6.70. The van der Waals surface area contributed by atoms with E-state index in [0.717, 1.165) is 49.1 Å². The molecule has 0 bridgehead atoms. The maximum Gasteiger partial charge on any atom is 0.244 e. The van der Waals surface area contributed by atoms with Gasteiger partial charge in [0, 0.05) is 48.7 Å². The van der Waals surface area contributed by atoms with Gasteiger partial charge < -0.3 is 14.6 Å². The van der Waals surface area contributed by atoms with Crippen molar-refractivity contribution in [3.8, 4) is 5.75 Å². The lowest BCUT2D eigenvalue weighted by atomic mass is 10.0. The maximum absolute atomic E-state index is 12.6. The number of amides is 1. The summed E-state index contributed by atoms with van der Waals surface area (Å²) in [6, 6.07) is 10.4. The zero-order valence-corrected chi connectivity index (χ0v) is 20.4. The van der Waals surface area contributed by atoms with Crippen LogP contribution in [0.25, 0.3) is 17.0 Å². The first kappa shape index (κ1) is 24.6. The quantitative estimate of drug-likeness (QED) is 0.280. The second-order valence-corrected chi connectivity index (χ2v) is 8.76. The Balaban J connectivity index is 1.67. The van der Waals surface area contributed by atoms with Crippen molar-refractivity contribution in [1.82, 2.24) is 14.9 Å². The van der Waals surface area contributed by atoms with Gasteiger partial charge in [-0.1, -0.05) is 25.8 Å². The zero-order valence-electron chi connectivity index (χ0n) is 20.4. The van der Waals surface area contributed by atoms with E-state index in [0.29, 0.717) is 0 Å². The van der Waals surface area contributed by atoms with Crippen molar-refractivity contribution < 1.29 is 9.53 Å². The van der Waals surface area contributed by atoms with Gasteiger partial charge in [-0.05, 0) is 74.4 Å². The van der Waals surface area contributed by atoms with E-state index in [4.69, 9.17) is 4.74 Å². The largest absolute Gasteiger partial charge is 0.497 e. The van der Waals surface area contributed by atoms with Crippen LogP contribution in [-0.4, -0.2) is 28.6 Å². The molecule has 1 amide bonds. The molecular formula is C28H37N3O2. The fourth-order valence-corrected chi connectivity index (χ4v) is 4.34. The Kier molecular flexibility index (Phi) is 9.11. The highest BCUT2D eigenvalue weighted by Crippen LogP contribution is 2.31. The second-order valence-electron chi connectivity index (χ2n) is 8.76. The number of nitrogens with zero attached hydrogens (tertiary/aromatic N) is 2. The van der Waals surface area contributed by atoms with Crippen LogP contribution in [0.5, 0.6) is 5.75 Å². The monoisotopic (exact) mass is 447 g/mol. The summed E-state index contributed by atoms with van der Waals surface area (Å²) in [6.45, 7) is 4.28. The van der Waals surface area contributed by atoms with Crippen LogP contribution in [0.1, 0.15) is 62.8 Å². The summed E-state index contributed by atoms with van der Waals surface area (Å²) in [6.07, 6.45) is 14.8. The zero-order chi connectivity index (χ0) is 23.6. The minimum atomic E-state index is -0.0498. The number of nitrogens with one attached hydrogen (secondary N) is 1. The number of aromatic nitrogens is 2. The van der Waals surface area contributed by atoms with Gasteiger partial charge in [-0.3, -0.25) is 9.78 Å². The average molecular weight is 448 g/mol. The van der Waals surface area contributed by atoms with Gasteiger partial charge in [0.05, 0.1) is 12.6 Å². The lowest BCUT2D eigenvalue weighted by molar-refractivity contribution is -0.117. The molecule has 33 heavy (non-hydrogen) atoms. The summed E-state index contributed by atoms with van der Waals surface area (Å²) in [5.41, 5.74) is 4.76. The van der Waals surface area contributed by atoms with Gasteiger partial charge in [0.2, 0.25) is 5.91 Å². The maximum atomic E-state index is 12.6. The van der Waals surface area contributed by atoms with Crippen molar-refractivity contribution in [3.05, 3.63) is 65.6 Å². The lowest BCUT2D eigenvalue weighted by Crippen LogP contribution is -2.31. The molecule has 2 heterocycles. The predicted octanol–water partition coefficient (Wildman–Crippen LogP) is 5.86. The van der Waals surface area contributed by atoms with Gasteiger partial charge in [0.25, 0.3) is 0 Å². The molecule has 176 valence electrons. The highest BCUT2D eigenvalue weighted by molar-refractivity contribution is 5.94. The molecule has 0 aliphatic carbocycles. The minimum absolute atomic E-state index is 0.0498. The van der Waals surface area contributed by atoms with Gasteiger partial charge >= 0.3 is 0 Å². The summed E-state index contributed by atoms with van der Waals surface area (Å²) >= 11 is 0. The molecule has 0 aliphatic heterocycles. The topological polar surface area (TPSA) is 56.2 Å². The summed E-state index contributed by atoms with van der Waals surface area (Å²) < 4.78 is 7.60. The van der Waals surface area contributed by atoms with Gasteiger partial charge in [-0.15, -0.1) is 0 Å². The number of benzene rings is 1. The van der Waals surface area contributed by atoms with E-state index in [-0.39, 0.29) is 11.9 Å². The second kappa shape index (κ2) is 12.2. The Morgan fingerprint density at radius 3 is 2.79 bits per heavy atom. The number of carbonyl (C=O) groups excluding carboxylic acids is 1. The fraction of sp³-hybridized carbons (Fsp3) is 0.429. The molecule has 0 spiro atoms. The highest BCUT2D eigenvalue weighted by Gasteiger charge is 2.14. The number of pyridine rings is 1. The SMILES string of the molecule is CCCCCc1c(/C=C/C(=O)N[C@H](C)CCCc2cccnc2)n(C)c2cc(OC)ccc12. The lowest BCUT2D eigenvalue weighted by Gasteiger charge is -2.12. The molecule has 1 aromatic carbocycles. The molecule has 0 unspecified atom stereocenters. The van der Waals surface area contributed by atoms with Crippen molar-refractivity contribution >= 4 is 22.9 Å². The van der Waals surface area contributed by atoms with E-state index < -0.39 is 0 Å². The van der Waals surface area contributed by atoms with Gasteiger partial charge in [0.15, 0.2) is 0 Å². The Morgan fingerprint density at radius 2 is 2.06 bits per heavy atom. The van der Waals surface area contributed by atoms with E-state index in [1.807, 2.05) is 24.4 Å². The third-order valence-electron chi connectivity index (χ3n) is 6.20. The number of rotatable bonds is 12. The number of aryl methyl sites for hydroxylation is 3. The minimum Gasteiger partial charge on any atom is -0.497 e. The average Bonchev–Trinajstić information content (AvgIpc) is 3.08. The normalized spacial score (nSPS) is 12.4. The van der Waals surface area contributed by atoms with Crippen LogP contribution in [0.3, 0.4) is 0 Å². The Morgan fingerprint density at radius 1 is 1.21 bits per heavy atom. The highest BCUT2D eigenvalue weighted by atomic mass is 16.5. The number of hydrogen-bond donors (Lipinski definition) is 1. The van der Waals surface area contributed by atoms with Crippen molar-refractivity contribution in [2.45, 2.75) is 64.8 Å². The molecule has 5 heteroatoms. The van der Waals surface area contributed by atoms with Crippen LogP contribution in [0.2, 0.25) is 0 Å². The first-order valence-electron chi connectivity index (χ1n) is 12.1. The summed E-state index contributed by atoms with van der Waals surface area (Å²) in [7, 11) is 3.75. The smallest absolute Gasteiger partial charge is 0.244 e. The molecule has 0 aliphatic rings. The van der Waals surface area contributed by atoms with Gasteiger partial charge in [-0.25, -0.2) is 0 Å². The molecule has 0 saturated heterocycles. The predicted molar refractivity (Wildman–Crippen MR) is 137 cm³/mol. The first-order valence-corrected chi connectivity index (χ1v) is 12.1. The molecule has 1 N–H and O–H groups in total. The number of unbranched alkanes of at least 4 members (excludes halogenated alkanes) is 2. The Hall–Kier alpha value is -3.08. The van der Waals surface area contributed by atoms with Crippen LogP contribution < -0.4 is 10.1 Å². The van der Waals surface area contributed by atoms with Gasteiger partial charge in [-0.2, -0.15) is 0 Å². The van der Waals surface area contributed by atoms with E-state index in [9.17, 15) is 4.79 Å². The fourth-order valence-electron chi connectivity index (χ4n) is 4.34. The number of hydrogen-bond acceptors (Lipinski definition) is 3. The molecule has 5 nitrogen and oxygen atoms in total. The molecule has 1 atom stereocenters. The molecule has 0 fully saturated rings. The molecular weight excluding hydrogens is 410 g/mol. The van der Waals surface area contributed by atoms with Crippen molar-refractivity contribution in [2.75, 3.05) is 7.11 Å². The van der Waals surface area contributed by atoms with Crippen molar-refractivity contribution in [2.24, 2.45) is 7.05 Å². The van der Waals surface area contributed by atoms with Crippen LogP contribution in [0.4, 0.5) is 0 Å². The third-order valence-corrected chi connectivity index (χ3v) is 6.20. The van der Waals surface area contributed by atoms with E-state index in [2.05, 4.69) is 54.0 Å².